The van der Waals surface area contributed by atoms with Crippen LogP contribution in [0.3, 0.4) is 0 Å². The molecule has 0 saturated heterocycles. The van der Waals surface area contributed by atoms with Crippen LogP contribution in [0.15, 0.2) is 30.5 Å². The number of amides is 1. The number of benzene rings is 1. The predicted octanol–water partition coefficient (Wildman–Crippen LogP) is 3.58. The first-order valence-electron chi connectivity index (χ1n) is 5.40. The van der Waals surface area contributed by atoms with Gasteiger partial charge in [-0.3, -0.25) is 4.79 Å². The van der Waals surface area contributed by atoms with Crippen LogP contribution in [-0.2, 0) is 0 Å². The molecule has 0 aliphatic carbocycles. The second-order valence-corrected chi connectivity index (χ2v) is 5.00. The lowest BCUT2D eigenvalue weighted by atomic mass is 10.2. The van der Waals surface area contributed by atoms with E-state index in [1.165, 1.54) is 12.3 Å². The second-order valence-electron chi connectivity index (χ2n) is 3.78. The van der Waals surface area contributed by atoms with Gasteiger partial charge in [0.05, 0.1) is 20.6 Å². The predicted molar refractivity (Wildman–Crippen MR) is 81.5 cm³/mol. The van der Waals surface area contributed by atoms with E-state index in [2.05, 4.69) is 15.7 Å². The van der Waals surface area contributed by atoms with E-state index in [9.17, 15) is 4.79 Å². The molecule has 0 atom stereocenters. The number of nitrogens with zero attached hydrogens (tertiary/aromatic N) is 1. The van der Waals surface area contributed by atoms with Gasteiger partial charge in [-0.2, -0.15) is 0 Å². The Morgan fingerprint density at radius 1 is 1.10 bits per heavy atom. The molecule has 1 aromatic carbocycles. The van der Waals surface area contributed by atoms with Crippen LogP contribution in [-0.4, -0.2) is 10.9 Å². The highest BCUT2D eigenvalue weighted by Gasteiger charge is 2.10. The zero-order valence-corrected chi connectivity index (χ0v) is 12.2. The number of anilines is 2. The van der Waals surface area contributed by atoms with Gasteiger partial charge in [-0.25, -0.2) is 10.8 Å². The standard InChI is InChI=1S/C12H9Cl3N4O/c13-8-2-1-7(4-9(8)14)18-12(20)6-3-10(15)11(19-16)17-5-6/h1-5H,16H2,(H,17,19)(H,18,20). The molecule has 0 fully saturated rings. The van der Waals surface area contributed by atoms with Gasteiger partial charge in [0.2, 0.25) is 0 Å². The number of hydrogen-bond donors (Lipinski definition) is 3. The minimum atomic E-state index is -0.374. The van der Waals surface area contributed by atoms with Crippen molar-refractivity contribution in [1.82, 2.24) is 4.98 Å². The quantitative estimate of drug-likeness (QED) is 0.593. The SMILES string of the molecule is NNc1ncc(C(=O)Nc2ccc(Cl)c(Cl)c2)cc1Cl. The lowest BCUT2D eigenvalue weighted by Gasteiger charge is -2.08. The Bertz CT molecular complexity index is 663. The molecule has 0 spiro atoms. The summed E-state index contributed by atoms with van der Waals surface area (Å²) < 4.78 is 0. The fourth-order valence-corrected chi connectivity index (χ4v) is 1.96. The summed E-state index contributed by atoms with van der Waals surface area (Å²) in [6.45, 7) is 0. The van der Waals surface area contributed by atoms with E-state index in [1.54, 1.807) is 18.2 Å². The Morgan fingerprint density at radius 3 is 2.45 bits per heavy atom. The van der Waals surface area contributed by atoms with Gasteiger partial charge in [-0.1, -0.05) is 34.8 Å². The third-order valence-corrected chi connectivity index (χ3v) is 3.44. The molecule has 0 bridgehead atoms. The van der Waals surface area contributed by atoms with Crippen LogP contribution in [0.25, 0.3) is 0 Å². The van der Waals surface area contributed by atoms with E-state index in [0.29, 0.717) is 21.3 Å². The summed E-state index contributed by atoms with van der Waals surface area (Å²) in [4.78, 5) is 15.9. The Balaban J connectivity index is 2.19. The molecule has 1 amide bonds. The largest absolute Gasteiger partial charge is 0.322 e. The molecule has 4 N–H and O–H groups in total. The summed E-state index contributed by atoms with van der Waals surface area (Å²) in [6.07, 6.45) is 1.36. The number of pyridine rings is 1. The van der Waals surface area contributed by atoms with Gasteiger partial charge >= 0.3 is 0 Å². The highest BCUT2D eigenvalue weighted by molar-refractivity contribution is 6.42. The maximum Gasteiger partial charge on any atom is 0.257 e. The van der Waals surface area contributed by atoms with Gasteiger partial charge in [-0.05, 0) is 24.3 Å². The molecule has 5 nitrogen and oxygen atoms in total. The molecule has 104 valence electrons. The summed E-state index contributed by atoms with van der Waals surface area (Å²) in [5.41, 5.74) is 3.12. The van der Waals surface area contributed by atoms with Crippen LogP contribution in [0.5, 0.6) is 0 Å². The van der Waals surface area contributed by atoms with E-state index in [-0.39, 0.29) is 16.7 Å². The van der Waals surface area contributed by atoms with Gasteiger partial charge in [0.1, 0.15) is 0 Å². The lowest BCUT2D eigenvalue weighted by molar-refractivity contribution is 0.102. The van der Waals surface area contributed by atoms with Gasteiger partial charge in [0.15, 0.2) is 5.82 Å². The van der Waals surface area contributed by atoms with Gasteiger partial charge in [0, 0.05) is 11.9 Å². The van der Waals surface area contributed by atoms with Crippen molar-refractivity contribution < 1.29 is 4.79 Å². The molecule has 2 rings (SSSR count). The first-order chi connectivity index (χ1) is 9.51. The molecular weight excluding hydrogens is 323 g/mol. The number of hydrazine groups is 1. The molecule has 1 aromatic heterocycles. The number of nitrogens with two attached hydrogens (primary N) is 1. The smallest absolute Gasteiger partial charge is 0.257 e. The normalized spacial score (nSPS) is 10.2. The Kier molecular flexibility index (Phi) is 4.67. The topological polar surface area (TPSA) is 80.0 Å². The average Bonchev–Trinajstić information content (AvgIpc) is 2.42. The van der Waals surface area contributed by atoms with Gasteiger partial charge in [0.25, 0.3) is 5.91 Å². The van der Waals surface area contributed by atoms with Gasteiger partial charge in [-0.15, -0.1) is 0 Å². The van der Waals surface area contributed by atoms with Crippen molar-refractivity contribution in [2.75, 3.05) is 10.7 Å². The van der Waals surface area contributed by atoms with Gasteiger partial charge < -0.3 is 10.7 Å². The summed E-state index contributed by atoms with van der Waals surface area (Å²) in [5, 5.41) is 3.66. The number of nitrogen functional groups attached to an aromatic ring is 1. The third-order valence-electron chi connectivity index (χ3n) is 2.42. The molecule has 0 unspecified atom stereocenters. The minimum Gasteiger partial charge on any atom is -0.322 e. The number of nitrogens with one attached hydrogen (secondary N) is 2. The lowest BCUT2D eigenvalue weighted by Crippen LogP contribution is -2.14. The molecule has 0 radical (unpaired) electrons. The van der Waals surface area contributed by atoms with E-state index in [4.69, 9.17) is 40.6 Å². The summed E-state index contributed by atoms with van der Waals surface area (Å²) in [5.74, 6) is 5.12. The first kappa shape index (κ1) is 14.9. The van der Waals surface area contributed by atoms with Crippen molar-refractivity contribution in [2.45, 2.75) is 0 Å². The van der Waals surface area contributed by atoms with Crippen molar-refractivity contribution in [1.29, 1.82) is 0 Å². The minimum absolute atomic E-state index is 0.245. The van der Waals surface area contributed by atoms with Crippen LogP contribution in [0, 0.1) is 0 Å². The molecule has 20 heavy (non-hydrogen) atoms. The van der Waals surface area contributed by atoms with Crippen molar-refractivity contribution >= 4 is 52.2 Å². The number of rotatable bonds is 3. The fraction of sp³-hybridized carbons (Fsp3) is 0. The van der Waals surface area contributed by atoms with Crippen LogP contribution in [0.4, 0.5) is 11.5 Å². The molecule has 0 aliphatic rings. The summed E-state index contributed by atoms with van der Waals surface area (Å²) in [7, 11) is 0. The Hall–Kier alpha value is -1.53. The van der Waals surface area contributed by atoms with Crippen LogP contribution in [0.2, 0.25) is 15.1 Å². The van der Waals surface area contributed by atoms with Crippen molar-refractivity contribution in [3.63, 3.8) is 0 Å². The summed E-state index contributed by atoms with van der Waals surface area (Å²) >= 11 is 17.6. The molecule has 1 heterocycles. The number of aromatic nitrogens is 1. The molecule has 2 aromatic rings. The fourth-order valence-electron chi connectivity index (χ4n) is 1.45. The van der Waals surface area contributed by atoms with E-state index in [0.717, 1.165) is 0 Å². The van der Waals surface area contributed by atoms with Crippen molar-refractivity contribution in [3.05, 3.63) is 51.1 Å². The Labute approximate surface area is 130 Å². The first-order valence-corrected chi connectivity index (χ1v) is 6.53. The van der Waals surface area contributed by atoms with Crippen LogP contribution < -0.4 is 16.6 Å². The Morgan fingerprint density at radius 2 is 1.85 bits per heavy atom. The highest BCUT2D eigenvalue weighted by atomic mass is 35.5. The maximum absolute atomic E-state index is 12.0. The number of hydrogen-bond acceptors (Lipinski definition) is 4. The highest BCUT2D eigenvalue weighted by Crippen LogP contribution is 2.25. The third kappa shape index (κ3) is 3.32. The van der Waals surface area contributed by atoms with Crippen LogP contribution in [0.1, 0.15) is 10.4 Å². The number of halogens is 3. The molecule has 8 heteroatoms. The average molecular weight is 332 g/mol. The zero-order valence-electron chi connectivity index (χ0n) is 9.95. The van der Waals surface area contributed by atoms with E-state index in [1.807, 2.05) is 0 Å². The number of carbonyl (C=O) groups is 1. The maximum atomic E-state index is 12.0. The monoisotopic (exact) mass is 330 g/mol. The number of carbonyl (C=O) groups excluding carboxylic acids is 1. The molecular formula is C12H9Cl3N4O. The second kappa shape index (κ2) is 6.28. The van der Waals surface area contributed by atoms with E-state index < -0.39 is 0 Å². The molecule has 0 saturated carbocycles. The van der Waals surface area contributed by atoms with Crippen LogP contribution >= 0.6 is 34.8 Å². The van der Waals surface area contributed by atoms with Crippen molar-refractivity contribution in [3.8, 4) is 0 Å². The van der Waals surface area contributed by atoms with E-state index >= 15 is 0 Å². The zero-order chi connectivity index (χ0) is 14.7. The van der Waals surface area contributed by atoms with Crippen molar-refractivity contribution in [2.24, 2.45) is 5.84 Å². The summed E-state index contributed by atoms with van der Waals surface area (Å²) in [6, 6.07) is 6.23. The molecule has 0 aliphatic heterocycles.